The lowest BCUT2D eigenvalue weighted by molar-refractivity contribution is 0.0962. The van der Waals surface area contributed by atoms with Gasteiger partial charge >= 0.3 is 0 Å². The number of carbonyl (C=O) groups is 1. The van der Waals surface area contributed by atoms with Crippen LogP contribution in [0.15, 0.2) is 54.7 Å². The van der Waals surface area contributed by atoms with Crippen LogP contribution in [0, 0.1) is 0 Å². The third-order valence-corrected chi connectivity index (χ3v) is 5.25. The van der Waals surface area contributed by atoms with Gasteiger partial charge < -0.3 is 10.1 Å². The topological polar surface area (TPSA) is 64.1 Å². The number of aromatic nitrogens is 2. The van der Waals surface area contributed by atoms with Crippen LogP contribution in [-0.2, 0) is 12.8 Å². The van der Waals surface area contributed by atoms with Crippen LogP contribution in [0.4, 0.5) is 11.6 Å². The summed E-state index contributed by atoms with van der Waals surface area (Å²) in [4.78, 5) is 21.6. The maximum atomic E-state index is 12.6. The van der Waals surface area contributed by atoms with Crippen LogP contribution in [-0.4, -0.2) is 22.9 Å². The lowest BCUT2D eigenvalue weighted by Gasteiger charge is -2.23. The average Bonchev–Trinajstić information content (AvgIpc) is 2.74. The van der Waals surface area contributed by atoms with Crippen molar-refractivity contribution in [2.24, 2.45) is 0 Å². The van der Waals surface area contributed by atoms with E-state index in [2.05, 4.69) is 34.3 Å². The molecule has 1 aliphatic rings. The zero-order chi connectivity index (χ0) is 19.5. The Bertz CT molecular complexity index is 982. The van der Waals surface area contributed by atoms with Crippen molar-refractivity contribution in [2.75, 3.05) is 12.4 Å². The summed E-state index contributed by atoms with van der Waals surface area (Å²) in [5.41, 5.74) is 4.79. The smallest absolute Gasteiger partial charge is 0.227 e. The van der Waals surface area contributed by atoms with E-state index in [0.29, 0.717) is 17.9 Å². The predicted molar refractivity (Wildman–Crippen MR) is 110 cm³/mol. The number of fused-ring (bicyclic) bond motifs is 1. The maximum absolute atomic E-state index is 12.6. The number of hydrogen-bond donors (Lipinski definition) is 1. The first kappa shape index (κ1) is 18.2. The minimum absolute atomic E-state index is 0.0981. The van der Waals surface area contributed by atoms with Gasteiger partial charge in [-0.25, -0.2) is 9.97 Å². The van der Waals surface area contributed by atoms with E-state index in [1.807, 2.05) is 36.4 Å². The molecule has 1 atom stereocenters. The highest BCUT2D eigenvalue weighted by Crippen LogP contribution is 2.33. The number of ether oxygens (including phenoxy) is 1. The van der Waals surface area contributed by atoms with E-state index in [4.69, 9.17) is 4.74 Å². The third kappa shape index (κ3) is 3.74. The number of Topliss-reactive ketones (excluding diaryl/α,β-unsaturated/α-hetero) is 1. The Morgan fingerprint density at radius 3 is 2.50 bits per heavy atom. The first-order valence-corrected chi connectivity index (χ1v) is 9.55. The monoisotopic (exact) mass is 373 g/mol. The number of anilines is 2. The summed E-state index contributed by atoms with van der Waals surface area (Å²) in [6.45, 7) is 2.13. The van der Waals surface area contributed by atoms with Crippen LogP contribution in [0.3, 0.4) is 0 Å². The molecule has 142 valence electrons. The molecular weight excluding hydrogens is 350 g/mol. The van der Waals surface area contributed by atoms with Gasteiger partial charge in [-0.2, -0.15) is 0 Å². The fraction of sp³-hybridized carbons (Fsp3) is 0.261. The maximum Gasteiger partial charge on any atom is 0.227 e. The molecule has 28 heavy (non-hydrogen) atoms. The Labute approximate surface area is 164 Å². The summed E-state index contributed by atoms with van der Waals surface area (Å²) < 4.78 is 5.22. The number of ketones is 1. The van der Waals surface area contributed by atoms with Crippen molar-refractivity contribution in [1.82, 2.24) is 9.97 Å². The van der Waals surface area contributed by atoms with Gasteiger partial charge in [-0.15, -0.1) is 0 Å². The van der Waals surface area contributed by atoms with E-state index in [9.17, 15) is 4.79 Å². The fourth-order valence-corrected chi connectivity index (χ4v) is 3.57. The highest BCUT2D eigenvalue weighted by Gasteiger charge is 2.28. The molecule has 0 amide bonds. The van der Waals surface area contributed by atoms with Gasteiger partial charge in [0.1, 0.15) is 5.75 Å². The quantitative estimate of drug-likeness (QED) is 0.702. The molecule has 0 radical (unpaired) electrons. The largest absolute Gasteiger partial charge is 0.497 e. The van der Waals surface area contributed by atoms with Gasteiger partial charge in [0.2, 0.25) is 5.95 Å². The molecule has 0 saturated heterocycles. The summed E-state index contributed by atoms with van der Waals surface area (Å²) in [5, 5.41) is 3.24. The molecular formula is C23H23N3O2. The second-order valence-corrected chi connectivity index (χ2v) is 7.03. The van der Waals surface area contributed by atoms with Crippen LogP contribution in [0.5, 0.6) is 5.75 Å². The van der Waals surface area contributed by atoms with E-state index in [0.717, 1.165) is 35.5 Å². The molecule has 0 unspecified atom stereocenters. The molecule has 4 rings (SSSR count). The fourth-order valence-electron chi connectivity index (χ4n) is 3.57. The first-order valence-electron chi connectivity index (χ1n) is 9.55. The Hall–Kier alpha value is -3.21. The summed E-state index contributed by atoms with van der Waals surface area (Å²) in [7, 11) is 1.65. The molecule has 0 fully saturated rings. The molecule has 1 aliphatic carbocycles. The van der Waals surface area contributed by atoms with Crippen molar-refractivity contribution in [1.29, 1.82) is 0 Å². The van der Waals surface area contributed by atoms with Crippen molar-refractivity contribution < 1.29 is 9.53 Å². The standard InChI is InChI=1S/C23H23N3O2/c1-3-15-4-8-18(9-5-15)25-23-24-14-20-21(26-23)12-17(13-22(20)27)16-6-10-19(28-2)11-7-16/h4-11,14,17H,3,12-13H2,1-2H3,(H,24,25,26)/t17-/m0/s1. The molecule has 5 nitrogen and oxygen atoms in total. The number of aryl methyl sites for hydroxylation is 1. The van der Waals surface area contributed by atoms with E-state index in [1.54, 1.807) is 13.3 Å². The summed E-state index contributed by atoms with van der Waals surface area (Å²) >= 11 is 0. The van der Waals surface area contributed by atoms with Crippen LogP contribution < -0.4 is 10.1 Å². The Balaban J connectivity index is 1.56. The van der Waals surface area contributed by atoms with Crippen LogP contribution in [0.25, 0.3) is 0 Å². The van der Waals surface area contributed by atoms with Crippen molar-refractivity contribution in [2.45, 2.75) is 32.1 Å². The van der Waals surface area contributed by atoms with Gasteiger partial charge in [-0.3, -0.25) is 4.79 Å². The second kappa shape index (κ2) is 7.80. The lowest BCUT2D eigenvalue weighted by Crippen LogP contribution is -2.21. The minimum atomic E-state index is 0.0981. The van der Waals surface area contributed by atoms with Gasteiger partial charge in [-0.05, 0) is 54.2 Å². The zero-order valence-corrected chi connectivity index (χ0v) is 16.1. The minimum Gasteiger partial charge on any atom is -0.497 e. The predicted octanol–water partition coefficient (Wildman–Crippen LogP) is 4.70. The van der Waals surface area contributed by atoms with Crippen molar-refractivity contribution >= 4 is 17.4 Å². The molecule has 3 aromatic rings. The van der Waals surface area contributed by atoms with Crippen LogP contribution in [0.1, 0.15) is 46.4 Å². The molecule has 1 aromatic heterocycles. The lowest BCUT2D eigenvalue weighted by atomic mass is 9.82. The van der Waals surface area contributed by atoms with Crippen molar-refractivity contribution in [3.05, 3.63) is 77.1 Å². The Morgan fingerprint density at radius 2 is 1.82 bits per heavy atom. The highest BCUT2D eigenvalue weighted by atomic mass is 16.5. The Kier molecular flexibility index (Phi) is 5.06. The zero-order valence-electron chi connectivity index (χ0n) is 16.1. The van der Waals surface area contributed by atoms with Gasteiger partial charge in [0, 0.05) is 18.3 Å². The van der Waals surface area contributed by atoms with Gasteiger partial charge in [0.05, 0.1) is 18.4 Å². The van der Waals surface area contributed by atoms with Gasteiger partial charge in [-0.1, -0.05) is 31.2 Å². The number of carbonyl (C=O) groups excluding carboxylic acids is 1. The van der Waals surface area contributed by atoms with E-state index < -0.39 is 0 Å². The van der Waals surface area contributed by atoms with Crippen LogP contribution in [0.2, 0.25) is 0 Å². The summed E-state index contributed by atoms with van der Waals surface area (Å²) in [5.74, 6) is 1.55. The first-order chi connectivity index (χ1) is 13.7. The molecule has 5 heteroatoms. The van der Waals surface area contributed by atoms with Crippen molar-refractivity contribution in [3.8, 4) is 5.75 Å². The third-order valence-electron chi connectivity index (χ3n) is 5.25. The molecule has 1 N–H and O–H groups in total. The van der Waals surface area contributed by atoms with Gasteiger partial charge in [0.15, 0.2) is 5.78 Å². The van der Waals surface area contributed by atoms with Crippen molar-refractivity contribution in [3.63, 3.8) is 0 Å². The number of rotatable bonds is 5. The molecule has 1 heterocycles. The summed E-state index contributed by atoms with van der Waals surface area (Å²) in [6.07, 6.45) is 3.86. The normalized spacial score (nSPS) is 15.8. The van der Waals surface area contributed by atoms with E-state index in [1.165, 1.54) is 5.56 Å². The SMILES string of the molecule is CCc1ccc(Nc2ncc3c(n2)C[C@H](c2ccc(OC)cc2)CC3=O)cc1. The highest BCUT2D eigenvalue weighted by molar-refractivity contribution is 5.98. The second-order valence-electron chi connectivity index (χ2n) is 7.03. The Morgan fingerprint density at radius 1 is 1.07 bits per heavy atom. The molecule has 0 spiro atoms. The molecule has 2 aromatic carbocycles. The summed E-state index contributed by atoms with van der Waals surface area (Å²) in [6, 6.07) is 16.1. The van der Waals surface area contributed by atoms with E-state index in [-0.39, 0.29) is 11.7 Å². The van der Waals surface area contributed by atoms with E-state index >= 15 is 0 Å². The molecule has 0 saturated carbocycles. The number of methoxy groups -OCH3 is 1. The number of benzene rings is 2. The van der Waals surface area contributed by atoms with Gasteiger partial charge in [0.25, 0.3) is 0 Å². The average molecular weight is 373 g/mol. The molecule has 0 aliphatic heterocycles. The number of nitrogens with zero attached hydrogens (tertiary/aromatic N) is 2. The number of nitrogens with one attached hydrogen (secondary N) is 1. The number of hydrogen-bond acceptors (Lipinski definition) is 5. The molecule has 0 bridgehead atoms. The van der Waals surface area contributed by atoms with Crippen LogP contribution >= 0.6 is 0 Å².